The zero-order valence-corrected chi connectivity index (χ0v) is 16.6. The first kappa shape index (κ1) is 21.7. The first-order valence-corrected chi connectivity index (χ1v) is 10.1. The molecule has 0 unspecified atom stereocenters. The van der Waals surface area contributed by atoms with E-state index in [1.54, 1.807) is 24.3 Å². The molecule has 2 rings (SSSR count). The lowest BCUT2D eigenvalue weighted by Gasteiger charge is -2.10. The van der Waals surface area contributed by atoms with Gasteiger partial charge in [-0.15, -0.1) is 0 Å². The van der Waals surface area contributed by atoms with E-state index >= 15 is 0 Å². The lowest BCUT2D eigenvalue weighted by Crippen LogP contribution is -2.44. The fourth-order valence-corrected chi connectivity index (χ4v) is 3.44. The van der Waals surface area contributed by atoms with Gasteiger partial charge in [-0.05, 0) is 42.8 Å². The SMILES string of the molecule is Cc1cccc(OCC(=O)NNC(=O)CCNS(=O)(=O)c2cccc(Cl)c2)c1. The highest BCUT2D eigenvalue weighted by Gasteiger charge is 2.14. The van der Waals surface area contributed by atoms with Gasteiger partial charge < -0.3 is 4.74 Å². The van der Waals surface area contributed by atoms with Crippen molar-refractivity contribution in [3.63, 3.8) is 0 Å². The van der Waals surface area contributed by atoms with Crippen molar-refractivity contribution < 1.29 is 22.7 Å². The molecule has 0 aliphatic rings. The Kier molecular flexibility index (Phi) is 7.80. The minimum atomic E-state index is -3.77. The number of benzene rings is 2. The largest absolute Gasteiger partial charge is 0.484 e. The van der Waals surface area contributed by atoms with Gasteiger partial charge in [-0.2, -0.15) is 0 Å². The number of rotatable bonds is 8. The maximum atomic E-state index is 12.1. The number of hydrogen-bond acceptors (Lipinski definition) is 5. The molecule has 0 heterocycles. The summed E-state index contributed by atoms with van der Waals surface area (Å²) in [6.07, 6.45) is -0.168. The van der Waals surface area contributed by atoms with Crippen LogP contribution in [0.1, 0.15) is 12.0 Å². The summed E-state index contributed by atoms with van der Waals surface area (Å²) in [5, 5.41) is 0.288. The van der Waals surface area contributed by atoms with Gasteiger partial charge in [0.1, 0.15) is 5.75 Å². The van der Waals surface area contributed by atoms with Crippen molar-refractivity contribution in [3.8, 4) is 5.75 Å². The van der Waals surface area contributed by atoms with Crippen molar-refractivity contribution >= 4 is 33.4 Å². The fourth-order valence-electron chi connectivity index (χ4n) is 2.11. The lowest BCUT2D eigenvalue weighted by molar-refractivity contribution is -0.129. The Hall–Kier alpha value is -2.62. The Bertz CT molecular complexity index is 950. The van der Waals surface area contributed by atoms with Gasteiger partial charge in [-0.25, -0.2) is 13.1 Å². The molecule has 10 heteroatoms. The molecule has 3 N–H and O–H groups in total. The molecule has 0 radical (unpaired) electrons. The third-order valence-corrected chi connectivity index (χ3v) is 5.15. The van der Waals surface area contributed by atoms with Gasteiger partial charge in [-0.1, -0.05) is 29.8 Å². The zero-order chi connectivity index (χ0) is 20.6. The maximum Gasteiger partial charge on any atom is 0.276 e. The fraction of sp³-hybridized carbons (Fsp3) is 0.222. The minimum absolute atomic E-state index is 0.00186. The lowest BCUT2D eigenvalue weighted by atomic mass is 10.2. The van der Waals surface area contributed by atoms with Crippen molar-refractivity contribution in [1.82, 2.24) is 15.6 Å². The number of carbonyl (C=O) groups is 2. The van der Waals surface area contributed by atoms with Crippen LogP contribution in [0.3, 0.4) is 0 Å². The van der Waals surface area contributed by atoms with Gasteiger partial charge in [0.25, 0.3) is 5.91 Å². The Morgan fingerprint density at radius 1 is 1.04 bits per heavy atom. The quantitative estimate of drug-likeness (QED) is 0.555. The summed E-state index contributed by atoms with van der Waals surface area (Å²) in [4.78, 5) is 23.4. The van der Waals surface area contributed by atoms with Gasteiger partial charge in [0.2, 0.25) is 15.9 Å². The van der Waals surface area contributed by atoms with Crippen molar-refractivity contribution in [1.29, 1.82) is 0 Å². The first-order chi connectivity index (χ1) is 13.3. The normalized spacial score (nSPS) is 10.9. The summed E-state index contributed by atoms with van der Waals surface area (Å²) in [7, 11) is -3.77. The second-order valence-corrected chi connectivity index (χ2v) is 8.01. The Labute approximate surface area is 168 Å². The van der Waals surface area contributed by atoms with Gasteiger partial charge >= 0.3 is 0 Å². The summed E-state index contributed by atoms with van der Waals surface area (Å²) in [6.45, 7) is 1.48. The predicted octanol–water partition coefficient (Wildman–Crippen LogP) is 1.54. The van der Waals surface area contributed by atoms with Crippen LogP contribution in [0.15, 0.2) is 53.4 Å². The zero-order valence-electron chi connectivity index (χ0n) is 15.1. The molecule has 0 saturated heterocycles. The van der Waals surface area contributed by atoms with Crippen LogP contribution in [0.2, 0.25) is 5.02 Å². The Morgan fingerprint density at radius 3 is 2.46 bits per heavy atom. The number of ether oxygens (including phenoxy) is 1. The molecule has 0 bridgehead atoms. The molecule has 28 heavy (non-hydrogen) atoms. The van der Waals surface area contributed by atoms with Gasteiger partial charge in [0.15, 0.2) is 6.61 Å². The number of aryl methyl sites for hydroxylation is 1. The van der Waals surface area contributed by atoms with E-state index in [1.165, 1.54) is 18.2 Å². The van der Waals surface area contributed by atoms with Crippen molar-refractivity contribution in [2.24, 2.45) is 0 Å². The summed E-state index contributed by atoms with van der Waals surface area (Å²) in [5.41, 5.74) is 5.38. The highest BCUT2D eigenvalue weighted by molar-refractivity contribution is 7.89. The molecular formula is C18H20ClN3O5S. The molecule has 2 amide bonds. The van der Waals surface area contributed by atoms with Crippen molar-refractivity contribution in [3.05, 3.63) is 59.1 Å². The molecule has 2 aromatic rings. The highest BCUT2D eigenvalue weighted by Crippen LogP contribution is 2.15. The van der Waals surface area contributed by atoms with Gasteiger partial charge in [-0.3, -0.25) is 20.4 Å². The monoisotopic (exact) mass is 425 g/mol. The smallest absolute Gasteiger partial charge is 0.276 e. The molecule has 2 aromatic carbocycles. The van der Waals surface area contributed by atoms with Crippen molar-refractivity contribution in [2.75, 3.05) is 13.2 Å². The average molecular weight is 426 g/mol. The molecular weight excluding hydrogens is 406 g/mol. The summed E-state index contributed by atoms with van der Waals surface area (Å²) in [5.74, 6) is -0.566. The predicted molar refractivity (Wildman–Crippen MR) is 104 cm³/mol. The van der Waals surface area contributed by atoms with E-state index in [2.05, 4.69) is 15.6 Å². The van der Waals surface area contributed by atoms with E-state index in [9.17, 15) is 18.0 Å². The third kappa shape index (κ3) is 7.18. The van der Waals surface area contributed by atoms with Crippen LogP contribution in [0.4, 0.5) is 0 Å². The van der Waals surface area contributed by atoms with E-state index in [0.29, 0.717) is 5.75 Å². The first-order valence-electron chi connectivity index (χ1n) is 8.29. The van der Waals surface area contributed by atoms with Crippen LogP contribution in [0.25, 0.3) is 0 Å². The number of nitrogens with one attached hydrogen (secondary N) is 3. The number of halogens is 1. The van der Waals surface area contributed by atoms with Crippen molar-refractivity contribution in [2.45, 2.75) is 18.2 Å². The second-order valence-electron chi connectivity index (χ2n) is 5.81. The number of hydrazine groups is 1. The number of carbonyl (C=O) groups excluding carboxylic acids is 2. The average Bonchev–Trinajstić information content (AvgIpc) is 2.64. The Balaban J connectivity index is 1.69. The molecule has 150 valence electrons. The summed E-state index contributed by atoms with van der Waals surface area (Å²) in [6, 6.07) is 12.9. The third-order valence-electron chi connectivity index (χ3n) is 3.45. The van der Waals surface area contributed by atoms with Crippen LogP contribution in [0.5, 0.6) is 5.75 Å². The highest BCUT2D eigenvalue weighted by atomic mass is 35.5. The molecule has 0 aliphatic carbocycles. The Morgan fingerprint density at radius 2 is 1.75 bits per heavy atom. The van der Waals surface area contributed by atoms with Crippen LogP contribution in [-0.2, 0) is 19.6 Å². The van der Waals surface area contributed by atoms with Crippen LogP contribution < -0.4 is 20.3 Å². The molecule has 0 fully saturated rings. The number of amides is 2. The van der Waals surface area contributed by atoms with E-state index in [4.69, 9.17) is 16.3 Å². The molecule has 8 nitrogen and oxygen atoms in total. The molecule has 0 saturated carbocycles. The topological polar surface area (TPSA) is 114 Å². The molecule has 0 aromatic heterocycles. The van der Waals surface area contributed by atoms with Gasteiger partial charge in [0, 0.05) is 18.0 Å². The van der Waals surface area contributed by atoms with Crippen LogP contribution in [-0.4, -0.2) is 33.4 Å². The van der Waals surface area contributed by atoms with E-state index in [1.807, 2.05) is 13.0 Å². The number of sulfonamides is 1. The van der Waals surface area contributed by atoms with Crippen LogP contribution in [0, 0.1) is 6.92 Å². The van der Waals surface area contributed by atoms with E-state index < -0.39 is 21.8 Å². The van der Waals surface area contributed by atoms with E-state index in [-0.39, 0.29) is 29.5 Å². The molecule has 0 spiro atoms. The second kappa shape index (κ2) is 10.1. The van der Waals surface area contributed by atoms with E-state index in [0.717, 1.165) is 5.56 Å². The summed E-state index contributed by atoms with van der Waals surface area (Å²) < 4.78 is 31.8. The summed E-state index contributed by atoms with van der Waals surface area (Å²) >= 11 is 5.77. The molecule has 0 aliphatic heterocycles. The molecule has 0 atom stereocenters. The van der Waals surface area contributed by atoms with Crippen LogP contribution >= 0.6 is 11.6 Å². The van der Waals surface area contributed by atoms with Gasteiger partial charge in [0.05, 0.1) is 4.90 Å². The minimum Gasteiger partial charge on any atom is -0.484 e. The maximum absolute atomic E-state index is 12.1. The number of hydrogen-bond donors (Lipinski definition) is 3. The standard InChI is InChI=1S/C18H20ClN3O5S/c1-13-4-2-6-15(10-13)27-12-18(24)22-21-17(23)8-9-20-28(25,26)16-7-3-5-14(19)11-16/h2-7,10-11,20H,8-9,12H2,1H3,(H,21,23)(H,22,24).